The summed E-state index contributed by atoms with van der Waals surface area (Å²) in [6.45, 7) is 21.7. The molecule has 4 N–H and O–H groups in total. The molecule has 4 fully saturated rings. The van der Waals surface area contributed by atoms with Crippen molar-refractivity contribution >= 4 is 11.8 Å². The second-order valence-corrected chi connectivity index (χ2v) is 18.5. The summed E-state index contributed by atoms with van der Waals surface area (Å²) in [5, 5.41) is 44.2. The largest absolute Gasteiger partial charge is 0.481 e. The molecule has 0 unspecified atom stereocenters. The molecule has 5 aliphatic heterocycles. The summed E-state index contributed by atoms with van der Waals surface area (Å²) in [5.41, 5.74) is -1.63. The standard InChI is InChI=1S/C43H72O11/c1-12-30(35(46)27(8)34(45)28(9)36-23(4)21-24(5)37(51-36)31(13-2)39(47)48)38-25(6)22-26(7)42(52-38)18-15-32(44)43(54-42)20-19-40(11,53-43)33-16-17-41(49,14-3)29(10)50-33/h15,18,23-34,36-38,44-45,49H,12-14,16-17,19-22H2,1-11H3,(H,47,48)/t23-,24+,25+,26+,27-,28-,29+,30+,31+,32+,33+,34-,36-,37+,38-,40-,41+,42+,43-/m1/s1. The second-order valence-electron chi connectivity index (χ2n) is 18.5. The van der Waals surface area contributed by atoms with Crippen molar-refractivity contribution in [2.75, 3.05) is 0 Å². The Morgan fingerprint density at radius 2 is 1.48 bits per heavy atom. The Kier molecular flexibility index (Phi) is 13.3. The van der Waals surface area contributed by atoms with E-state index in [2.05, 4.69) is 20.8 Å². The molecule has 11 nitrogen and oxygen atoms in total. The van der Waals surface area contributed by atoms with Crippen LogP contribution < -0.4 is 0 Å². The van der Waals surface area contributed by atoms with Crippen LogP contribution in [-0.2, 0) is 33.3 Å². The average molecular weight is 765 g/mol. The van der Waals surface area contributed by atoms with Gasteiger partial charge in [0.15, 0.2) is 5.79 Å². The fourth-order valence-electron chi connectivity index (χ4n) is 10.9. The van der Waals surface area contributed by atoms with Crippen molar-refractivity contribution in [1.29, 1.82) is 0 Å². The number of carbonyl (C=O) groups is 2. The van der Waals surface area contributed by atoms with Gasteiger partial charge in [-0.25, -0.2) is 0 Å². The molecule has 0 aliphatic carbocycles. The first-order valence-corrected chi connectivity index (χ1v) is 21.1. The van der Waals surface area contributed by atoms with Gasteiger partial charge in [0.2, 0.25) is 5.79 Å². The van der Waals surface area contributed by atoms with E-state index >= 15 is 0 Å². The molecule has 5 rings (SSSR count). The van der Waals surface area contributed by atoms with Crippen LogP contribution in [0.3, 0.4) is 0 Å². The Bertz CT molecular complexity index is 1360. The predicted molar refractivity (Wildman–Crippen MR) is 203 cm³/mol. The van der Waals surface area contributed by atoms with Crippen LogP contribution in [0.25, 0.3) is 0 Å². The summed E-state index contributed by atoms with van der Waals surface area (Å²) in [6.07, 6.45) is 4.75. The normalized spacial score (nSPS) is 46.9. The molecule has 5 aliphatic rings. The van der Waals surface area contributed by atoms with Crippen molar-refractivity contribution in [2.24, 2.45) is 47.3 Å². The number of rotatable bonds is 12. The number of carboxylic acids is 1. The zero-order valence-electron chi connectivity index (χ0n) is 34.8. The lowest BCUT2D eigenvalue weighted by atomic mass is 9.72. The molecule has 0 radical (unpaired) electrons. The Morgan fingerprint density at radius 1 is 0.852 bits per heavy atom. The summed E-state index contributed by atoms with van der Waals surface area (Å²) >= 11 is 0. The van der Waals surface area contributed by atoms with Crippen molar-refractivity contribution in [2.45, 2.75) is 199 Å². The van der Waals surface area contributed by atoms with Gasteiger partial charge >= 0.3 is 5.97 Å². The van der Waals surface area contributed by atoms with Gasteiger partial charge in [-0.15, -0.1) is 0 Å². The van der Waals surface area contributed by atoms with E-state index in [1.807, 2.05) is 48.5 Å². The smallest absolute Gasteiger partial charge is 0.309 e. The van der Waals surface area contributed by atoms with Crippen LogP contribution in [0.2, 0.25) is 0 Å². The minimum absolute atomic E-state index is 0.0104. The molecule has 5 heterocycles. The van der Waals surface area contributed by atoms with Gasteiger partial charge in [-0.2, -0.15) is 0 Å². The van der Waals surface area contributed by atoms with Crippen molar-refractivity contribution in [1.82, 2.24) is 0 Å². The van der Waals surface area contributed by atoms with Crippen LogP contribution in [0, 0.1) is 47.3 Å². The van der Waals surface area contributed by atoms with Crippen molar-refractivity contribution in [3.63, 3.8) is 0 Å². The molecule has 0 aromatic carbocycles. The van der Waals surface area contributed by atoms with Crippen LogP contribution in [0.15, 0.2) is 12.2 Å². The van der Waals surface area contributed by atoms with Gasteiger partial charge < -0.3 is 44.1 Å². The number of carboxylic acid groups (broad SMARTS) is 1. The van der Waals surface area contributed by atoms with Crippen LogP contribution in [0.4, 0.5) is 0 Å². The molecule has 54 heavy (non-hydrogen) atoms. The zero-order chi connectivity index (χ0) is 40.1. The van der Waals surface area contributed by atoms with Gasteiger partial charge in [-0.05, 0) is 95.1 Å². The first kappa shape index (κ1) is 43.7. The molecule has 11 heteroatoms. The number of ether oxygens (including phenoxy) is 5. The Labute approximate surface area is 323 Å². The minimum Gasteiger partial charge on any atom is -0.481 e. The van der Waals surface area contributed by atoms with Crippen LogP contribution >= 0.6 is 0 Å². The summed E-state index contributed by atoms with van der Waals surface area (Å²) in [5.74, 6) is -5.80. The number of ketones is 1. The van der Waals surface area contributed by atoms with E-state index in [1.54, 1.807) is 19.1 Å². The highest BCUT2D eigenvalue weighted by Crippen LogP contribution is 2.54. The number of aliphatic carboxylic acids is 1. The molecule has 0 aromatic rings. The topological polar surface area (TPSA) is 161 Å². The average Bonchev–Trinajstić information content (AvgIpc) is 3.47. The quantitative estimate of drug-likeness (QED) is 0.162. The third-order valence-corrected chi connectivity index (χ3v) is 14.8. The fourth-order valence-corrected chi connectivity index (χ4v) is 10.9. The zero-order valence-corrected chi connectivity index (χ0v) is 34.8. The number of hydrogen-bond donors (Lipinski definition) is 4. The van der Waals surface area contributed by atoms with E-state index in [0.717, 1.165) is 6.42 Å². The molecular formula is C43H72O11. The highest BCUT2D eigenvalue weighted by atomic mass is 16.8. The van der Waals surface area contributed by atoms with E-state index < -0.39 is 76.8 Å². The Balaban J connectivity index is 1.32. The minimum atomic E-state index is -1.37. The number of aliphatic hydroxyl groups is 3. The molecule has 2 spiro atoms. The Hall–Kier alpha value is -1.44. The highest BCUT2D eigenvalue weighted by molar-refractivity contribution is 5.84. The van der Waals surface area contributed by atoms with Gasteiger partial charge in [0.05, 0.1) is 53.7 Å². The lowest BCUT2D eigenvalue weighted by Crippen LogP contribution is -2.63. The fraction of sp³-hybridized carbons (Fsp3) is 0.907. The van der Waals surface area contributed by atoms with E-state index in [-0.39, 0.29) is 47.8 Å². The van der Waals surface area contributed by atoms with Crippen LogP contribution in [0.1, 0.15) is 134 Å². The lowest BCUT2D eigenvalue weighted by molar-refractivity contribution is -0.409. The molecule has 0 saturated carbocycles. The van der Waals surface area contributed by atoms with Crippen molar-refractivity contribution < 1.29 is 53.7 Å². The maximum absolute atomic E-state index is 14.5. The third-order valence-electron chi connectivity index (χ3n) is 14.8. The van der Waals surface area contributed by atoms with E-state index in [0.29, 0.717) is 51.4 Å². The maximum atomic E-state index is 14.5. The monoisotopic (exact) mass is 765 g/mol. The van der Waals surface area contributed by atoms with Crippen molar-refractivity contribution in [3.05, 3.63) is 12.2 Å². The number of Topliss-reactive ketones (excluding diaryl/α,β-unsaturated/α-hetero) is 1. The highest BCUT2D eigenvalue weighted by Gasteiger charge is 2.63. The Morgan fingerprint density at radius 3 is 2.07 bits per heavy atom. The molecule has 310 valence electrons. The summed E-state index contributed by atoms with van der Waals surface area (Å²) in [4.78, 5) is 26.6. The SMILES string of the molecule is CC[C@H](C(=O)O)[C@H]1O[C@@H]([C@H](C)[C@H](O)[C@@H](C)C(=O)[C@H](CC)[C@@H]2O[C@]3(C=C[C@H](O)[C@@]4(CC[C@](C)([C@@H]5CC[C@@](O)(CC)[C@H](C)O5)O4)O3)[C@@H](C)C[C@@H]2C)[C@H](C)C[C@@H]1C. The van der Waals surface area contributed by atoms with Crippen molar-refractivity contribution in [3.8, 4) is 0 Å². The summed E-state index contributed by atoms with van der Waals surface area (Å²) < 4.78 is 33.6. The van der Waals surface area contributed by atoms with E-state index in [1.165, 1.54) is 0 Å². The molecule has 19 atom stereocenters. The van der Waals surface area contributed by atoms with Gasteiger partial charge in [0, 0.05) is 30.1 Å². The maximum Gasteiger partial charge on any atom is 0.309 e. The molecule has 0 amide bonds. The number of carbonyl (C=O) groups excluding carboxylic acids is 1. The first-order valence-electron chi connectivity index (χ1n) is 21.1. The van der Waals surface area contributed by atoms with Gasteiger partial charge in [0.25, 0.3) is 0 Å². The number of hydrogen-bond acceptors (Lipinski definition) is 10. The van der Waals surface area contributed by atoms with Gasteiger partial charge in [-0.3, -0.25) is 9.59 Å². The van der Waals surface area contributed by atoms with Gasteiger partial charge in [-0.1, -0.05) is 62.3 Å². The van der Waals surface area contributed by atoms with Crippen LogP contribution in [0.5, 0.6) is 0 Å². The van der Waals surface area contributed by atoms with E-state index in [9.17, 15) is 30.0 Å². The lowest BCUT2D eigenvalue weighted by Gasteiger charge is -2.54. The van der Waals surface area contributed by atoms with Gasteiger partial charge in [0.1, 0.15) is 11.9 Å². The molecule has 0 aromatic heterocycles. The summed E-state index contributed by atoms with van der Waals surface area (Å²) in [7, 11) is 0. The second kappa shape index (κ2) is 16.4. The van der Waals surface area contributed by atoms with E-state index in [4.69, 9.17) is 23.7 Å². The number of aliphatic hydroxyl groups excluding tert-OH is 2. The molecule has 4 saturated heterocycles. The third kappa shape index (κ3) is 7.88. The summed E-state index contributed by atoms with van der Waals surface area (Å²) in [6, 6.07) is 0. The van der Waals surface area contributed by atoms with Crippen LogP contribution in [-0.4, -0.2) is 97.7 Å². The predicted octanol–water partition coefficient (Wildman–Crippen LogP) is 6.43. The molecule has 0 bridgehead atoms. The molecular weight excluding hydrogens is 692 g/mol. The first-order chi connectivity index (χ1) is 25.2.